The lowest BCUT2D eigenvalue weighted by molar-refractivity contribution is -0.384. The lowest BCUT2D eigenvalue weighted by Gasteiger charge is -2.38. The molecule has 3 rings (SSSR count). The lowest BCUT2D eigenvalue weighted by atomic mass is 10.1. The molecule has 6 nitrogen and oxygen atoms in total. The van der Waals surface area contributed by atoms with Gasteiger partial charge in [-0.3, -0.25) is 10.1 Å². The second-order valence-corrected chi connectivity index (χ2v) is 6.84. The van der Waals surface area contributed by atoms with Crippen LogP contribution in [0.3, 0.4) is 0 Å². The van der Waals surface area contributed by atoms with Crippen molar-refractivity contribution in [1.29, 1.82) is 0 Å². The van der Waals surface area contributed by atoms with Crippen LogP contribution in [-0.4, -0.2) is 35.1 Å². The first-order chi connectivity index (χ1) is 9.95. The molecule has 1 N–H and O–H groups in total. The summed E-state index contributed by atoms with van der Waals surface area (Å²) in [5, 5.41) is 15.8. The number of nitrogens with one attached hydrogen (secondary N) is 1. The molecular formula is C14H18N4O2S. The highest BCUT2D eigenvalue weighted by Crippen LogP contribution is 2.36. The molecule has 2 unspecified atom stereocenters. The largest absolute Gasteiger partial charge is 0.360 e. The first-order valence-corrected chi connectivity index (χ1v) is 7.83. The van der Waals surface area contributed by atoms with Crippen LogP contribution in [-0.2, 0) is 0 Å². The van der Waals surface area contributed by atoms with Gasteiger partial charge >= 0.3 is 0 Å². The number of nitrogens with zero attached hydrogens (tertiary/aromatic N) is 3. The Morgan fingerprint density at radius 2 is 2.24 bits per heavy atom. The van der Waals surface area contributed by atoms with E-state index in [0.717, 1.165) is 28.3 Å². The van der Waals surface area contributed by atoms with Gasteiger partial charge in [0, 0.05) is 31.2 Å². The van der Waals surface area contributed by atoms with Crippen molar-refractivity contribution < 1.29 is 4.92 Å². The minimum atomic E-state index is -0.288. The molecule has 0 saturated carbocycles. The van der Waals surface area contributed by atoms with Gasteiger partial charge in [-0.25, -0.2) is 4.98 Å². The molecular weight excluding hydrogens is 288 g/mol. The smallest absolute Gasteiger partial charge is 0.294 e. The fourth-order valence-electron chi connectivity index (χ4n) is 2.80. The molecule has 0 radical (unpaired) electrons. The minimum Gasteiger partial charge on any atom is -0.360 e. The Morgan fingerprint density at radius 3 is 2.95 bits per heavy atom. The van der Waals surface area contributed by atoms with Crippen LogP contribution in [0.15, 0.2) is 12.1 Å². The Hall–Kier alpha value is -1.73. The van der Waals surface area contributed by atoms with Crippen LogP contribution in [0.25, 0.3) is 10.2 Å². The quantitative estimate of drug-likeness (QED) is 0.682. The number of hydrogen-bond donors (Lipinski definition) is 1. The van der Waals surface area contributed by atoms with Gasteiger partial charge in [-0.1, -0.05) is 0 Å². The molecule has 0 amide bonds. The first kappa shape index (κ1) is 14.2. The molecule has 1 aromatic carbocycles. The molecule has 0 bridgehead atoms. The molecule has 2 atom stereocenters. The van der Waals surface area contributed by atoms with Crippen LogP contribution in [0.5, 0.6) is 0 Å². The Labute approximate surface area is 126 Å². The summed E-state index contributed by atoms with van der Waals surface area (Å²) in [4.78, 5) is 17.7. The van der Waals surface area contributed by atoms with Gasteiger partial charge < -0.3 is 10.2 Å². The highest BCUT2D eigenvalue weighted by atomic mass is 32.1. The summed E-state index contributed by atoms with van der Waals surface area (Å²) >= 11 is 1.49. The van der Waals surface area contributed by atoms with E-state index in [2.05, 4.69) is 29.0 Å². The third kappa shape index (κ3) is 2.58. The summed E-state index contributed by atoms with van der Waals surface area (Å²) in [5.41, 5.74) is 1.70. The molecule has 0 aliphatic carbocycles. The van der Waals surface area contributed by atoms with Crippen molar-refractivity contribution in [2.45, 2.75) is 32.9 Å². The van der Waals surface area contributed by atoms with Crippen molar-refractivity contribution >= 4 is 32.9 Å². The molecule has 1 saturated heterocycles. The summed E-state index contributed by atoms with van der Waals surface area (Å²) in [5.74, 6) is 0. The van der Waals surface area contributed by atoms with Crippen molar-refractivity contribution in [3.8, 4) is 0 Å². The Kier molecular flexibility index (Phi) is 3.54. The van der Waals surface area contributed by atoms with E-state index >= 15 is 0 Å². The zero-order valence-electron chi connectivity index (χ0n) is 12.3. The summed E-state index contributed by atoms with van der Waals surface area (Å²) in [6.45, 7) is 7.68. The lowest BCUT2D eigenvalue weighted by Crippen LogP contribution is -2.54. The van der Waals surface area contributed by atoms with Crippen molar-refractivity contribution in [3.63, 3.8) is 0 Å². The SMILES string of the molecule is Cc1nc2cc(N3CC(C)NCC3C)c([N+](=O)[O-])cc2s1. The molecule has 0 spiro atoms. The van der Waals surface area contributed by atoms with Gasteiger partial charge in [-0.2, -0.15) is 0 Å². The number of fused-ring (bicyclic) bond motifs is 1. The monoisotopic (exact) mass is 306 g/mol. The third-order valence-electron chi connectivity index (χ3n) is 3.86. The third-order valence-corrected chi connectivity index (χ3v) is 4.80. The van der Waals surface area contributed by atoms with Gasteiger partial charge in [-0.05, 0) is 26.8 Å². The predicted octanol–water partition coefficient (Wildman–Crippen LogP) is 2.70. The number of benzene rings is 1. The van der Waals surface area contributed by atoms with E-state index in [1.165, 1.54) is 11.3 Å². The van der Waals surface area contributed by atoms with E-state index in [-0.39, 0.29) is 16.7 Å². The normalized spacial score (nSPS) is 22.7. The standard InChI is InChI=1S/C14H18N4O2S/c1-8-7-17(9(2)6-15-8)12-4-11-14(21-10(3)16-11)5-13(12)18(19)20/h4-5,8-9,15H,6-7H2,1-3H3. The van der Waals surface area contributed by atoms with Crippen molar-refractivity contribution in [2.75, 3.05) is 18.0 Å². The highest BCUT2D eigenvalue weighted by molar-refractivity contribution is 7.18. The average molecular weight is 306 g/mol. The molecule has 2 aromatic rings. The molecule has 21 heavy (non-hydrogen) atoms. The van der Waals surface area contributed by atoms with Crippen LogP contribution < -0.4 is 10.2 Å². The molecule has 2 heterocycles. The predicted molar refractivity (Wildman–Crippen MR) is 85.3 cm³/mol. The highest BCUT2D eigenvalue weighted by Gasteiger charge is 2.29. The molecule has 7 heteroatoms. The minimum absolute atomic E-state index is 0.173. The maximum Gasteiger partial charge on any atom is 0.294 e. The number of piperazine rings is 1. The fraction of sp³-hybridized carbons (Fsp3) is 0.500. The number of nitro benzene ring substituents is 1. The molecule has 112 valence electrons. The van der Waals surface area contributed by atoms with Gasteiger partial charge in [-0.15, -0.1) is 11.3 Å². The van der Waals surface area contributed by atoms with Crippen LogP contribution in [0.4, 0.5) is 11.4 Å². The van der Waals surface area contributed by atoms with E-state index in [1.54, 1.807) is 6.07 Å². The van der Waals surface area contributed by atoms with E-state index in [4.69, 9.17) is 0 Å². The zero-order valence-corrected chi connectivity index (χ0v) is 13.1. The average Bonchev–Trinajstić information content (AvgIpc) is 2.79. The molecule has 1 fully saturated rings. The molecule has 1 aliphatic heterocycles. The van der Waals surface area contributed by atoms with Crippen LogP contribution in [0, 0.1) is 17.0 Å². The van der Waals surface area contributed by atoms with Gasteiger partial charge in [0.1, 0.15) is 5.69 Å². The van der Waals surface area contributed by atoms with Gasteiger partial charge in [0.05, 0.1) is 20.1 Å². The van der Waals surface area contributed by atoms with Crippen LogP contribution in [0.1, 0.15) is 18.9 Å². The number of nitro groups is 1. The topological polar surface area (TPSA) is 71.3 Å². The summed E-state index contributed by atoms with van der Waals surface area (Å²) in [6, 6.07) is 4.06. The van der Waals surface area contributed by atoms with E-state index in [1.807, 2.05) is 13.0 Å². The summed E-state index contributed by atoms with van der Waals surface area (Å²) in [7, 11) is 0. The first-order valence-electron chi connectivity index (χ1n) is 7.01. The number of anilines is 1. The Bertz CT molecular complexity index is 700. The number of aromatic nitrogens is 1. The maximum absolute atomic E-state index is 11.5. The Morgan fingerprint density at radius 1 is 1.48 bits per heavy atom. The number of thiazole rings is 1. The van der Waals surface area contributed by atoms with Crippen LogP contribution >= 0.6 is 11.3 Å². The summed E-state index contributed by atoms with van der Waals surface area (Å²) in [6.07, 6.45) is 0. The van der Waals surface area contributed by atoms with Crippen molar-refractivity contribution in [2.24, 2.45) is 0 Å². The van der Waals surface area contributed by atoms with Gasteiger partial charge in [0.25, 0.3) is 5.69 Å². The zero-order chi connectivity index (χ0) is 15.1. The second-order valence-electron chi connectivity index (χ2n) is 5.61. The fourth-order valence-corrected chi connectivity index (χ4v) is 3.64. The Balaban J connectivity index is 2.14. The van der Waals surface area contributed by atoms with Crippen molar-refractivity contribution in [1.82, 2.24) is 10.3 Å². The molecule has 1 aliphatic rings. The molecule has 1 aromatic heterocycles. The number of hydrogen-bond acceptors (Lipinski definition) is 6. The van der Waals surface area contributed by atoms with E-state index < -0.39 is 0 Å². The van der Waals surface area contributed by atoms with Crippen molar-refractivity contribution in [3.05, 3.63) is 27.3 Å². The van der Waals surface area contributed by atoms with Gasteiger partial charge in [0.15, 0.2) is 0 Å². The van der Waals surface area contributed by atoms with Crippen LogP contribution in [0.2, 0.25) is 0 Å². The van der Waals surface area contributed by atoms with Gasteiger partial charge in [0.2, 0.25) is 0 Å². The van der Waals surface area contributed by atoms with E-state index in [0.29, 0.717) is 11.7 Å². The second kappa shape index (κ2) is 5.23. The van der Waals surface area contributed by atoms with E-state index in [9.17, 15) is 10.1 Å². The maximum atomic E-state index is 11.5. The summed E-state index contributed by atoms with van der Waals surface area (Å²) < 4.78 is 0.874. The number of aryl methyl sites for hydroxylation is 1. The number of rotatable bonds is 2.